The van der Waals surface area contributed by atoms with Gasteiger partial charge >= 0.3 is 5.97 Å². The lowest BCUT2D eigenvalue weighted by Gasteiger charge is -2.25. The first kappa shape index (κ1) is 7.60. The molecule has 0 aromatic rings. The topological polar surface area (TPSA) is 26.3 Å². The molecule has 70 valence electrons. The van der Waals surface area contributed by atoms with Gasteiger partial charge in [-0.2, -0.15) is 0 Å². The van der Waals surface area contributed by atoms with Gasteiger partial charge in [-0.3, -0.25) is 0 Å². The molecule has 2 aliphatic carbocycles. The van der Waals surface area contributed by atoms with Crippen molar-refractivity contribution in [3.05, 3.63) is 11.6 Å². The Labute approximate surface area is 78.0 Å². The molecule has 0 aromatic carbocycles. The van der Waals surface area contributed by atoms with E-state index in [1.165, 1.54) is 12.8 Å². The van der Waals surface area contributed by atoms with Crippen molar-refractivity contribution >= 4 is 5.97 Å². The van der Waals surface area contributed by atoms with Crippen LogP contribution in [0.15, 0.2) is 11.6 Å². The molecule has 0 aromatic heterocycles. The van der Waals surface area contributed by atoms with Crippen molar-refractivity contribution in [1.29, 1.82) is 0 Å². The summed E-state index contributed by atoms with van der Waals surface area (Å²) in [5, 5.41) is 0. The monoisotopic (exact) mass is 178 g/mol. The Hall–Kier alpha value is -0.790. The van der Waals surface area contributed by atoms with E-state index in [4.69, 9.17) is 4.74 Å². The summed E-state index contributed by atoms with van der Waals surface area (Å²) in [4.78, 5) is 11.5. The first-order valence-electron chi connectivity index (χ1n) is 5.18. The van der Waals surface area contributed by atoms with Crippen molar-refractivity contribution in [3.63, 3.8) is 0 Å². The van der Waals surface area contributed by atoms with Gasteiger partial charge in [-0.05, 0) is 31.1 Å². The van der Waals surface area contributed by atoms with Crippen molar-refractivity contribution in [3.8, 4) is 0 Å². The van der Waals surface area contributed by atoms with Crippen LogP contribution in [0.1, 0.15) is 26.2 Å². The van der Waals surface area contributed by atoms with Gasteiger partial charge in [-0.25, -0.2) is 4.79 Å². The number of hydrogen-bond donors (Lipinski definition) is 0. The first-order valence-corrected chi connectivity index (χ1v) is 5.18. The van der Waals surface area contributed by atoms with Crippen LogP contribution in [-0.4, -0.2) is 12.1 Å². The summed E-state index contributed by atoms with van der Waals surface area (Å²) in [5.74, 6) is 1.72. The van der Waals surface area contributed by atoms with Gasteiger partial charge in [-0.15, -0.1) is 0 Å². The molecule has 1 saturated heterocycles. The van der Waals surface area contributed by atoms with Crippen molar-refractivity contribution in [2.45, 2.75) is 32.3 Å². The largest absolute Gasteiger partial charge is 0.458 e. The molecule has 13 heavy (non-hydrogen) atoms. The molecule has 0 radical (unpaired) electrons. The molecular formula is C11H14O2. The van der Waals surface area contributed by atoms with Gasteiger partial charge in [0.2, 0.25) is 0 Å². The lowest BCUT2D eigenvalue weighted by Crippen LogP contribution is -2.21. The van der Waals surface area contributed by atoms with E-state index in [1.54, 1.807) is 0 Å². The van der Waals surface area contributed by atoms with E-state index in [2.05, 4.69) is 13.0 Å². The maximum atomic E-state index is 11.5. The maximum Gasteiger partial charge on any atom is 0.334 e. The Morgan fingerprint density at radius 2 is 2.31 bits per heavy atom. The summed E-state index contributed by atoms with van der Waals surface area (Å²) < 4.78 is 5.34. The zero-order valence-corrected chi connectivity index (χ0v) is 7.82. The molecule has 2 nitrogen and oxygen atoms in total. The Morgan fingerprint density at radius 3 is 3.15 bits per heavy atom. The van der Waals surface area contributed by atoms with Gasteiger partial charge in [0, 0.05) is 11.5 Å². The Bertz CT molecular complexity index is 292. The highest BCUT2D eigenvalue weighted by atomic mass is 16.6. The van der Waals surface area contributed by atoms with Gasteiger partial charge in [0.25, 0.3) is 0 Å². The fourth-order valence-corrected chi connectivity index (χ4v) is 3.26. The van der Waals surface area contributed by atoms with E-state index >= 15 is 0 Å². The second kappa shape index (κ2) is 2.37. The predicted octanol–water partition coefficient (Wildman–Crippen LogP) is 1.90. The summed E-state index contributed by atoms with van der Waals surface area (Å²) in [5.41, 5.74) is 0.992. The molecule has 0 spiro atoms. The lowest BCUT2D eigenvalue weighted by atomic mass is 9.77. The Balaban J connectivity index is 2.05. The van der Waals surface area contributed by atoms with Crippen molar-refractivity contribution in [2.24, 2.45) is 17.8 Å². The number of hydrogen-bond acceptors (Lipinski definition) is 2. The van der Waals surface area contributed by atoms with E-state index in [9.17, 15) is 4.79 Å². The SMILES string of the molecule is C[C@@H]1C=C2C(=O)O[C@@H]3CCC(C1)C23. The second-order valence-corrected chi connectivity index (χ2v) is 4.64. The number of carbonyl (C=O) groups is 1. The summed E-state index contributed by atoms with van der Waals surface area (Å²) in [6.07, 6.45) is 5.96. The van der Waals surface area contributed by atoms with Crippen LogP contribution in [0.5, 0.6) is 0 Å². The minimum Gasteiger partial charge on any atom is -0.458 e. The normalized spacial score (nSPS) is 47.2. The molecule has 2 unspecified atom stereocenters. The van der Waals surface area contributed by atoms with E-state index in [1.807, 2.05) is 0 Å². The van der Waals surface area contributed by atoms with Crippen molar-refractivity contribution in [2.75, 3.05) is 0 Å². The lowest BCUT2D eigenvalue weighted by molar-refractivity contribution is -0.138. The van der Waals surface area contributed by atoms with Crippen LogP contribution in [0.25, 0.3) is 0 Å². The zero-order chi connectivity index (χ0) is 9.00. The van der Waals surface area contributed by atoms with Crippen LogP contribution >= 0.6 is 0 Å². The third kappa shape index (κ3) is 0.917. The average Bonchev–Trinajstić information content (AvgIpc) is 2.59. The zero-order valence-electron chi connectivity index (χ0n) is 7.82. The molecular weight excluding hydrogens is 164 g/mol. The fraction of sp³-hybridized carbons (Fsp3) is 0.727. The van der Waals surface area contributed by atoms with Gasteiger partial charge in [-0.1, -0.05) is 13.0 Å². The highest BCUT2D eigenvalue weighted by Gasteiger charge is 2.50. The summed E-state index contributed by atoms with van der Waals surface area (Å²) >= 11 is 0. The second-order valence-electron chi connectivity index (χ2n) is 4.64. The van der Waals surface area contributed by atoms with Crippen LogP contribution < -0.4 is 0 Å². The van der Waals surface area contributed by atoms with E-state index in [0.29, 0.717) is 11.8 Å². The van der Waals surface area contributed by atoms with E-state index < -0.39 is 0 Å². The molecule has 0 N–H and O–H groups in total. The molecule has 1 heterocycles. The number of carbonyl (C=O) groups excluding carboxylic acids is 1. The molecule has 3 aliphatic rings. The third-order valence-electron chi connectivity index (χ3n) is 3.72. The third-order valence-corrected chi connectivity index (χ3v) is 3.72. The minimum absolute atomic E-state index is 0.0359. The quantitative estimate of drug-likeness (QED) is 0.529. The Kier molecular flexibility index (Phi) is 1.38. The molecule has 4 atom stereocenters. The number of ether oxygens (including phenoxy) is 1. The van der Waals surface area contributed by atoms with Gasteiger partial charge < -0.3 is 4.74 Å². The van der Waals surface area contributed by atoms with Crippen LogP contribution in [0.2, 0.25) is 0 Å². The van der Waals surface area contributed by atoms with Gasteiger partial charge in [0.15, 0.2) is 0 Å². The number of allylic oxidation sites excluding steroid dienone is 1. The number of rotatable bonds is 0. The van der Waals surface area contributed by atoms with Crippen molar-refractivity contribution < 1.29 is 9.53 Å². The summed E-state index contributed by atoms with van der Waals surface area (Å²) in [7, 11) is 0. The number of esters is 1. The summed E-state index contributed by atoms with van der Waals surface area (Å²) in [6.45, 7) is 2.20. The molecule has 0 amide bonds. The average molecular weight is 178 g/mol. The van der Waals surface area contributed by atoms with Crippen molar-refractivity contribution in [1.82, 2.24) is 0 Å². The fourth-order valence-electron chi connectivity index (χ4n) is 3.26. The molecule has 2 heteroatoms. The van der Waals surface area contributed by atoms with E-state index in [-0.39, 0.29) is 12.1 Å². The van der Waals surface area contributed by atoms with Crippen LogP contribution in [0, 0.1) is 17.8 Å². The highest BCUT2D eigenvalue weighted by Crippen LogP contribution is 2.49. The van der Waals surface area contributed by atoms with Gasteiger partial charge in [0.1, 0.15) is 6.10 Å². The molecule has 0 bridgehead atoms. The predicted molar refractivity (Wildman–Crippen MR) is 48.0 cm³/mol. The molecule has 3 rings (SSSR count). The smallest absolute Gasteiger partial charge is 0.334 e. The van der Waals surface area contributed by atoms with Crippen LogP contribution in [0.3, 0.4) is 0 Å². The summed E-state index contributed by atoms with van der Waals surface area (Å²) in [6, 6.07) is 0. The molecule has 1 aliphatic heterocycles. The van der Waals surface area contributed by atoms with E-state index in [0.717, 1.165) is 17.9 Å². The van der Waals surface area contributed by atoms with Crippen LogP contribution in [0.4, 0.5) is 0 Å². The van der Waals surface area contributed by atoms with Gasteiger partial charge in [0.05, 0.1) is 0 Å². The molecule has 1 saturated carbocycles. The first-order chi connectivity index (χ1) is 6.25. The molecule has 2 fully saturated rings. The standard InChI is InChI=1S/C11H14O2/c1-6-4-7-2-3-9-10(7)8(5-6)11(12)13-9/h5-7,9-10H,2-4H2,1H3/t6-,7?,9+,10?/m0/s1. The highest BCUT2D eigenvalue weighted by molar-refractivity contribution is 5.92. The minimum atomic E-state index is -0.0359. The Morgan fingerprint density at radius 1 is 1.46 bits per heavy atom. The van der Waals surface area contributed by atoms with Crippen LogP contribution in [-0.2, 0) is 9.53 Å². The maximum absolute atomic E-state index is 11.5.